The van der Waals surface area contributed by atoms with Gasteiger partial charge in [-0.05, 0) is 13.0 Å². The minimum Gasteiger partial charge on any atom is -0.545 e. The van der Waals surface area contributed by atoms with Crippen LogP contribution in [0.25, 0.3) is 0 Å². The fraction of sp³-hybridized carbons (Fsp3) is 0.333. The molecule has 0 heterocycles. The maximum absolute atomic E-state index is 10.3. The molecular weight excluding hydrogens is 176 g/mol. The molecule has 0 unspecified atom stereocenters. The third kappa shape index (κ3) is 9.94. The molecule has 0 aliphatic heterocycles. The summed E-state index contributed by atoms with van der Waals surface area (Å²) >= 11 is 0. The van der Waals surface area contributed by atoms with Crippen molar-refractivity contribution in [3.05, 3.63) is 12.2 Å². The average Bonchev–Trinajstić information content (AvgIpc) is 1.85. The summed E-state index contributed by atoms with van der Waals surface area (Å²) in [6, 6.07) is 0. The summed E-state index contributed by atoms with van der Waals surface area (Å²) in [6.45, 7) is 1.86. The molecule has 0 aromatic rings. The first-order valence-electron chi connectivity index (χ1n) is 2.72. The molecule has 0 aromatic heterocycles. The summed E-state index contributed by atoms with van der Waals surface area (Å²) in [5.74, 6) is -2.08. The molecule has 0 atom stereocenters. The molecule has 5 heteroatoms. The Morgan fingerprint density at radius 2 is 2.00 bits per heavy atom. The van der Waals surface area contributed by atoms with Crippen molar-refractivity contribution in [3.63, 3.8) is 0 Å². The Kier molecular flexibility index (Phi) is 9.89. The smallest absolute Gasteiger partial charge is 0.545 e. The van der Waals surface area contributed by atoms with Crippen LogP contribution in [0.2, 0.25) is 0 Å². The van der Waals surface area contributed by atoms with Crippen molar-refractivity contribution in [3.8, 4) is 0 Å². The van der Waals surface area contributed by atoms with Gasteiger partial charge in [-0.3, -0.25) is 0 Å². The first-order valence-corrected chi connectivity index (χ1v) is 2.72. The number of carboxylic acid groups (broad SMARTS) is 1. The summed E-state index contributed by atoms with van der Waals surface area (Å²) in [7, 11) is 0. The molecule has 0 aliphatic carbocycles. The monoisotopic (exact) mass is 183 g/mol. The molecular formula is C6H7CaO4+. The van der Waals surface area contributed by atoms with Gasteiger partial charge in [-0.1, -0.05) is 0 Å². The maximum Gasteiger partial charge on any atom is 2.00 e. The van der Waals surface area contributed by atoms with Gasteiger partial charge in [0.1, 0.15) is 0 Å². The number of esters is 1. The predicted octanol–water partition coefficient (Wildman–Crippen LogP) is -1.53. The minimum atomic E-state index is -1.41. The summed E-state index contributed by atoms with van der Waals surface area (Å²) in [5.41, 5.74) is 0. The second-order valence-corrected chi connectivity index (χ2v) is 1.40. The van der Waals surface area contributed by atoms with Crippen LogP contribution < -0.4 is 5.11 Å². The van der Waals surface area contributed by atoms with Crippen LogP contribution in [0.3, 0.4) is 0 Å². The second kappa shape index (κ2) is 8.04. The topological polar surface area (TPSA) is 66.4 Å². The van der Waals surface area contributed by atoms with E-state index in [1.165, 1.54) is 0 Å². The van der Waals surface area contributed by atoms with E-state index < -0.39 is 11.9 Å². The third-order valence-electron chi connectivity index (χ3n) is 0.642. The fourth-order valence-electron chi connectivity index (χ4n) is 0.326. The van der Waals surface area contributed by atoms with Crippen molar-refractivity contribution in [1.82, 2.24) is 0 Å². The zero-order valence-corrected chi connectivity index (χ0v) is 8.41. The van der Waals surface area contributed by atoms with E-state index in [9.17, 15) is 14.7 Å². The molecule has 0 aliphatic rings. The molecule has 0 radical (unpaired) electrons. The number of aliphatic carboxylic acids is 1. The maximum atomic E-state index is 10.3. The van der Waals surface area contributed by atoms with Gasteiger partial charge in [-0.15, -0.1) is 0 Å². The third-order valence-corrected chi connectivity index (χ3v) is 0.642. The Balaban J connectivity index is 0. The van der Waals surface area contributed by atoms with Gasteiger partial charge in [0.05, 0.1) is 12.6 Å². The zero-order chi connectivity index (χ0) is 7.98. The number of hydrogen-bond acceptors (Lipinski definition) is 4. The standard InChI is InChI=1S/C6H8O4.Ca/c1-2-10-6(9)4-3-5(7)8;/h3-4H,2H2,1H3,(H,7,8);/q;+2/p-1/b4-3+;. The van der Waals surface area contributed by atoms with Crippen LogP contribution in [0.1, 0.15) is 6.92 Å². The normalized spacial score (nSPS) is 8.82. The summed E-state index contributed by atoms with van der Waals surface area (Å²) < 4.78 is 4.38. The van der Waals surface area contributed by atoms with Crippen LogP contribution >= 0.6 is 0 Å². The van der Waals surface area contributed by atoms with Crippen molar-refractivity contribution in [1.29, 1.82) is 0 Å². The van der Waals surface area contributed by atoms with Crippen LogP contribution in [-0.2, 0) is 14.3 Å². The number of carbonyl (C=O) groups is 2. The van der Waals surface area contributed by atoms with Crippen molar-refractivity contribution >= 4 is 49.7 Å². The van der Waals surface area contributed by atoms with Gasteiger partial charge >= 0.3 is 43.7 Å². The summed E-state index contributed by atoms with van der Waals surface area (Å²) in [4.78, 5) is 20.0. The number of hydrogen-bond donors (Lipinski definition) is 0. The largest absolute Gasteiger partial charge is 2.00 e. The number of rotatable bonds is 3. The van der Waals surface area contributed by atoms with E-state index in [0.29, 0.717) is 6.08 Å². The fourth-order valence-corrected chi connectivity index (χ4v) is 0.326. The minimum absolute atomic E-state index is 0. The van der Waals surface area contributed by atoms with Crippen molar-refractivity contribution in [2.24, 2.45) is 0 Å². The van der Waals surface area contributed by atoms with Gasteiger partial charge in [0.15, 0.2) is 0 Å². The van der Waals surface area contributed by atoms with E-state index in [0.717, 1.165) is 6.08 Å². The molecule has 0 fully saturated rings. The predicted molar refractivity (Wildman–Crippen MR) is 36.5 cm³/mol. The SMILES string of the molecule is CCOC(=O)/C=C/C(=O)[O-].[Ca+2]. The average molecular weight is 183 g/mol. The first-order chi connectivity index (χ1) is 4.66. The second-order valence-electron chi connectivity index (χ2n) is 1.40. The molecule has 56 valence electrons. The number of ether oxygens (including phenoxy) is 1. The molecule has 0 bridgehead atoms. The Bertz CT molecular complexity index is 164. The van der Waals surface area contributed by atoms with Gasteiger partial charge in [0, 0.05) is 6.08 Å². The number of carbonyl (C=O) groups excluding carboxylic acids is 2. The molecule has 0 N–H and O–H groups in total. The van der Waals surface area contributed by atoms with Crippen molar-refractivity contribution < 1.29 is 19.4 Å². The van der Waals surface area contributed by atoms with Crippen LogP contribution in [0, 0.1) is 0 Å². The molecule has 0 saturated carbocycles. The molecule has 11 heavy (non-hydrogen) atoms. The first kappa shape index (κ1) is 13.5. The number of carboxylic acids is 1. The van der Waals surface area contributed by atoms with Gasteiger partial charge < -0.3 is 14.6 Å². The summed E-state index contributed by atoms with van der Waals surface area (Å²) in [6.07, 6.45) is 1.43. The molecule has 0 rings (SSSR count). The van der Waals surface area contributed by atoms with Crippen molar-refractivity contribution in [2.45, 2.75) is 6.92 Å². The van der Waals surface area contributed by atoms with Crippen LogP contribution in [0.5, 0.6) is 0 Å². The van der Waals surface area contributed by atoms with Gasteiger partial charge in [-0.2, -0.15) is 0 Å². The van der Waals surface area contributed by atoms with Gasteiger partial charge in [-0.25, -0.2) is 4.79 Å². The van der Waals surface area contributed by atoms with Crippen LogP contribution in [0.4, 0.5) is 0 Å². The van der Waals surface area contributed by atoms with E-state index >= 15 is 0 Å². The molecule has 4 nitrogen and oxygen atoms in total. The van der Waals surface area contributed by atoms with E-state index in [4.69, 9.17) is 0 Å². The Labute approximate surface area is 94.2 Å². The molecule has 0 amide bonds. The zero-order valence-electron chi connectivity index (χ0n) is 6.20. The van der Waals surface area contributed by atoms with Crippen LogP contribution in [-0.4, -0.2) is 56.3 Å². The quantitative estimate of drug-likeness (QED) is 0.302. The Hall–Kier alpha value is -0.0603. The Morgan fingerprint density at radius 3 is 2.36 bits per heavy atom. The summed E-state index contributed by atoms with van der Waals surface area (Å²) in [5, 5.41) is 9.70. The molecule has 0 saturated heterocycles. The van der Waals surface area contributed by atoms with E-state index in [-0.39, 0.29) is 44.3 Å². The van der Waals surface area contributed by atoms with Crippen molar-refractivity contribution in [2.75, 3.05) is 6.61 Å². The Morgan fingerprint density at radius 1 is 1.45 bits per heavy atom. The van der Waals surface area contributed by atoms with Crippen LogP contribution in [0.15, 0.2) is 12.2 Å². The van der Waals surface area contributed by atoms with E-state index in [2.05, 4.69) is 4.74 Å². The van der Waals surface area contributed by atoms with E-state index in [1.54, 1.807) is 6.92 Å². The molecule has 0 spiro atoms. The van der Waals surface area contributed by atoms with E-state index in [1.807, 2.05) is 0 Å². The molecule has 0 aromatic carbocycles. The van der Waals surface area contributed by atoms with Gasteiger partial charge in [0.25, 0.3) is 0 Å². The van der Waals surface area contributed by atoms with Gasteiger partial charge in [0.2, 0.25) is 0 Å².